The van der Waals surface area contributed by atoms with Gasteiger partial charge in [0.15, 0.2) is 0 Å². The van der Waals surface area contributed by atoms with Crippen LogP contribution in [0.15, 0.2) is 23.1 Å². The van der Waals surface area contributed by atoms with Crippen molar-refractivity contribution in [2.45, 2.75) is 43.9 Å². The van der Waals surface area contributed by atoms with E-state index in [1.54, 1.807) is 6.92 Å². The summed E-state index contributed by atoms with van der Waals surface area (Å²) in [6.45, 7) is 1.95. The first-order valence-corrected chi connectivity index (χ1v) is 8.68. The molecule has 124 valence electrons. The molecule has 0 atom stereocenters. The summed E-state index contributed by atoms with van der Waals surface area (Å²) in [5.41, 5.74) is 0.685. The molecule has 0 saturated carbocycles. The molecule has 0 bridgehead atoms. The summed E-state index contributed by atoms with van der Waals surface area (Å²) < 4.78 is 44.5. The van der Waals surface area contributed by atoms with E-state index in [2.05, 4.69) is 9.46 Å². The molecule has 0 heterocycles. The first-order valence-electron chi connectivity index (χ1n) is 7.19. The van der Waals surface area contributed by atoms with Gasteiger partial charge >= 0.3 is 5.97 Å². The molecule has 1 aromatic carbocycles. The monoisotopic (exact) mass is 331 g/mol. The Morgan fingerprint density at radius 2 is 1.91 bits per heavy atom. The Bertz CT molecular complexity index is 602. The third-order valence-corrected chi connectivity index (χ3v) is 4.68. The molecule has 1 aromatic rings. The van der Waals surface area contributed by atoms with Gasteiger partial charge in [0.05, 0.1) is 7.11 Å². The highest BCUT2D eigenvalue weighted by atomic mass is 32.2. The average molecular weight is 331 g/mol. The van der Waals surface area contributed by atoms with E-state index in [4.69, 9.17) is 0 Å². The van der Waals surface area contributed by atoms with Gasteiger partial charge in [-0.2, -0.15) is 0 Å². The molecular formula is C15H22FNO4S. The predicted octanol–water partition coefficient (Wildman–Crippen LogP) is 2.54. The molecule has 7 heteroatoms. The molecule has 0 fully saturated rings. The number of esters is 1. The summed E-state index contributed by atoms with van der Waals surface area (Å²) in [6, 6.07) is 3.99. The molecule has 0 radical (unpaired) electrons. The summed E-state index contributed by atoms with van der Waals surface area (Å²) in [7, 11) is -2.47. The average Bonchev–Trinajstić information content (AvgIpc) is 2.48. The van der Waals surface area contributed by atoms with E-state index in [1.807, 2.05) is 0 Å². The van der Waals surface area contributed by atoms with Crippen molar-refractivity contribution >= 4 is 16.0 Å². The smallest absolute Gasteiger partial charge is 0.305 e. The number of hydrogen-bond acceptors (Lipinski definition) is 4. The number of halogens is 1. The Hall–Kier alpha value is -1.47. The van der Waals surface area contributed by atoms with Gasteiger partial charge in [-0.15, -0.1) is 0 Å². The minimum atomic E-state index is -3.82. The summed E-state index contributed by atoms with van der Waals surface area (Å²) in [4.78, 5) is 10.6. The van der Waals surface area contributed by atoms with Crippen LogP contribution in [-0.2, 0) is 19.6 Å². The second-order valence-electron chi connectivity index (χ2n) is 5.07. The number of nitrogens with one attached hydrogen (secondary N) is 1. The number of benzene rings is 1. The van der Waals surface area contributed by atoms with Gasteiger partial charge in [-0.1, -0.05) is 18.9 Å². The third kappa shape index (κ3) is 6.11. The Labute approximate surface area is 130 Å². The number of ether oxygens (including phenoxy) is 1. The highest BCUT2D eigenvalue weighted by Crippen LogP contribution is 2.16. The van der Waals surface area contributed by atoms with Gasteiger partial charge in [0.25, 0.3) is 0 Å². The van der Waals surface area contributed by atoms with Crippen LogP contribution in [0.4, 0.5) is 4.39 Å². The van der Waals surface area contributed by atoms with E-state index in [0.29, 0.717) is 24.8 Å². The second kappa shape index (κ2) is 8.85. The first-order chi connectivity index (χ1) is 10.4. The standard InChI is InChI=1S/C15H22FNO4S/c1-12-8-9-13(16)14(11-12)22(19,20)17-10-6-4-3-5-7-15(18)21-2/h8-9,11,17H,3-7,10H2,1-2H3. The highest BCUT2D eigenvalue weighted by molar-refractivity contribution is 7.89. The zero-order valence-corrected chi connectivity index (χ0v) is 13.7. The lowest BCUT2D eigenvalue weighted by atomic mass is 10.1. The first kappa shape index (κ1) is 18.6. The molecule has 0 aliphatic carbocycles. The fourth-order valence-electron chi connectivity index (χ4n) is 1.95. The van der Waals surface area contributed by atoms with Gasteiger partial charge in [0.2, 0.25) is 10.0 Å². The van der Waals surface area contributed by atoms with E-state index in [0.717, 1.165) is 18.9 Å². The van der Waals surface area contributed by atoms with Crippen LogP contribution in [0.5, 0.6) is 0 Å². The van der Waals surface area contributed by atoms with Crippen molar-refractivity contribution in [3.8, 4) is 0 Å². The fourth-order valence-corrected chi connectivity index (χ4v) is 3.19. The van der Waals surface area contributed by atoms with Gasteiger partial charge in [0.1, 0.15) is 10.7 Å². The lowest BCUT2D eigenvalue weighted by Gasteiger charge is -2.08. The number of aryl methyl sites for hydroxylation is 1. The summed E-state index contributed by atoms with van der Waals surface area (Å²) in [5, 5.41) is 0. The number of hydrogen-bond donors (Lipinski definition) is 1. The predicted molar refractivity (Wildman–Crippen MR) is 81.4 cm³/mol. The minimum Gasteiger partial charge on any atom is -0.469 e. The second-order valence-corrected chi connectivity index (χ2v) is 6.81. The van der Waals surface area contributed by atoms with E-state index >= 15 is 0 Å². The molecule has 0 amide bonds. The molecule has 22 heavy (non-hydrogen) atoms. The Morgan fingerprint density at radius 1 is 1.23 bits per heavy atom. The third-order valence-electron chi connectivity index (χ3n) is 3.20. The van der Waals surface area contributed by atoms with Gasteiger partial charge < -0.3 is 4.74 Å². The van der Waals surface area contributed by atoms with Crippen LogP contribution in [0.3, 0.4) is 0 Å². The van der Waals surface area contributed by atoms with E-state index < -0.39 is 15.8 Å². The van der Waals surface area contributed by atoms with Crippen molar-refractivity contribution in [3.63, 3.8) is 0 Å². The molecule has 0 unspecified atom stereocenters. The topological polar surface area (TPSA) is 72.5 Å². The molecule has 0 spiro atoms. The number of carbonyl (C=O) groups excluding carboxylic acids is 1. The minimum absolute atomic E-state index is 0.240. The number of rotatable bonds is 9. The Kier molecular flexibility index (Phi) is 7.47. The molecular weight excluding hydrogens is 309 g/mol. The van der Waals surface area contributed by atoms with Crippen LogP contribution in [0.2, 0.25) is 0 Å². The largest absolute Gasteiger partial charge is 0.469 e. The van der Waals surface area contributed by atoms with Crippen molar-refractivity contribution in [1.82, 2.24) is 4.72 Å². The number of methoxy groups -OCH3 is 1. The van der Waals surface area contributed by atoms with Gasteiger partial charge in [0, 0.05) is 13.0 Å². The van der Waals surface area contributed by atoms with Gasteiger partial charge in [-0.05, 0) is 37.5 Å². The Morgan fingerprint density at radius 3 is 2.59 bits per heavy atom. The van der Waals surface area contributed by atoms with Crippen molar-refractivity contribution < 1.29 is 22.3 Å². The lowest BCUT2D eigenvalue weighted by Crippen LogP contribution is -2.25. The van der Waals surface area contributed by atoms with Gasteiger partial charge in [-0.25, -0.2) is 17.5 Å². The quantitative estimate of drug-likeness (QED) is 0.557. The van der Waals surface area contributed by atoms with Crippen LogP contribution in [0.1, 0.15) is 37.7 Å². The van der Waals surface area contributed by atoms with E-state index in [-0.39, 0.29) is 17.4 Å². The van der Waals surface area contributed by atoms with Crippen molar-refractivity contribution in [2.75, 3.05) is 13.7 Å². The molecule has 5 nitrogen and oxygen atoms in total. The maximum Gasteiger partial charge on any atom is 0.305 e. The number of carbonyl (C=O) groups is 1. The van der Waals surface area contributed by atoms with Crippen LogP contribution < -0.4 is 4.72 Å². The van der Waals surface area contributed by atoms with E-state index in [1.165, 1.54) is 19.2 Å². The fraction of sp³-hybridized carbons (Fsp3) is 0.533. The van der Waals surface area contributed by atoms with Crippen LogP contribution in [0, 0.1) is 12.7 Å². The molecule has 1 rings (SSSR count). The number of unbranched alkanes of at least 4 members (excludes halogenated alkanes) is 3. The maximum absolute atomic E-state index is 13.6. The van der Waals surface area contributed by atoms with Crippen LogP contribution in [0.25, 0.3) is 0 Å². The molecule has 0 aromatic heterocycles. The number of sulfonamides is 1. The van der Waals surface area contributed by atoms with Gasteiger partial charge in [-0.3, -0.25) is 4.79 Å². The van der Waals surface area contributed by atoms with Crippen molar-refractivity contribution in [3.05, 3.63) is 29.6 Å². The summed E-state index contributed by atoms with van der Waals surface area (Å²) >= 11 is 0. The zero-order valence-electron chi connectivity index (χ0n) is 12.9. The highest BCUT2D eigenvalue weighted by Gasteiger charge is 2.18. The SMILES string of the molecule is COC(=O)CCCCCCNS(=O)(=O)c1cc(C)ccc1F. The van der Waals surface area contributed by atoms with E-state index in [9.17, 15) is 17.6 Å². The molecule has 1 N–H and O–H groups in total. The zero-order chi connectivity index (χ0) is 16.6. The molecule has 0 aliphatic heterocycles. The summed E-state index contributed by atoms with van der Waals surface area (Å²) in [5.74, 6) is -0.994. The van der Waals surface area contributed by atoms with Crippen LogP contribution >= 0.6 is 0 Å². The lowest BCUT2D eigenvalue weighted by molar-refractivity contribution is -0.140. The maximum atomic E-state index is 13.6. The van der Waals surface area contributed by atoms with Crippen molar-refractivity contribution in [1.29, 1.82) is 0 Å². The molecule has 0 aliphatic rings. The summed E-state index contributed by atoms with van der Waals surface area (Å²) in [6.07, 6.45) is 3.32. The van der Waals surface area contributed by atoms with Crippen molar-refractivity contribution in [2.24, 2.45) is 0 Å². The molecule has 0 saturated heterocycles. The normalized spacial score (nSPS) is 11.4. The Balaban J connectivity index is 2.35. The van der Waals surface area contributed by atoms with Crippen LogP contribution in [-0.4, -0.2) is 28.0 Å².